The fraction of sp³-hybridized carbons (Fsp3) is 0.529. The molecular formula is C17H22N2O2S. The zero-order valence-corrected chi connectivity index (χ0v) is 14.3. The average Bonchev–Trinajstić information content (AvgIpc) is 2.79. The number of aromatic nitrogens is 1. The quantitative estimate of drug-likeness (QED) is 0.812. The van der Waals surface area contributed by atoms with Gasteiger partial charge in [-0.1, -0.05) is 20.8 Å². The first-order chi connectivity index (χ1) is 10.3. The molecule has 0 spiro atoms. The van der Waals surface area contributed by atoms with Crippen molar-refractivity contribution in [1.29, 1.82) is 0 Å². The molecule has 0 aromatic carbocycles. The minimum Gasteiger partial charge on any atom is -0.465 e. The van der Waals surface area contributed by atoms with Crippen molar-refractivity contribution in [3.05, 3.63) is 22.2 Å². The van der Waals surface area contributed by atoms with E-state index in [2.05, 4.69) is 26.8 Å². The number of rotatable bonds is 1. The lowest BCUT2D eigenvalue weighted by molar-refractivity contribution is 0.0607. The Kier molecular flexibility index (Phi) is 3.63. The molecule has 0 amide bonds. The third-order valence-electron chi connectivity index (χ3n) is 4.68. The standard InChI is InChI=1S/C17H22N2O2S/c1-17(2,3)10-5-6-12-9(7-10)8-11-13(18)14(16(20)21-4)22-15(11)19-12/h8,10H,5-7,18H2,1-4H3. The Labute approximate surface area is 134 Å². The predicted octanol–water partition coefficient (Wildman–Crippen LogP) is 3.82. The van der Waals surface area contributed by atoms with Crippen LogP contribution in [-0.4, -0.2) is 18.1 Å². The van der Waals surface area contributed by atoms with E-state index >= 15 is 0 Å². The van der Waals surface area contributed by atoms with Gasteiger partial charge in [0.05, 0.1) is 12.8 Å². The van der Waals surface area contributed by atoms with Crippen LogP contribution in [0.5, 0.6) is 0 Å². The summed E-state index contributed by atoms with van der Waals surface area (Å²) in [4.78, 5) is 17.8. The van der Waals surface area contributed by atoms with Gasteiger partial charge in [-0.05, 0) is 42.2 Å². The first-order valence-corrected chi connectivity index (χ1v) is 8.42. The van der Waals surface area contributed by atoms with Gasteiger partial charge < -0.3 is 10.5 Å². The van der Waals surface area contributed by atoms with Gasteiger partial charge in [0.1, 0.15) is 9.71 Å². The van der Waals surface area contributed by atoms with Crippen molar-refractivity contribution in [3.63, 3.8) is 0 Å². The Balaban J connectivity index is 2.06. The van der Waals surface area contributed by atoms with Crippen molar-refractivity contribution in [1.82, 2.24) is 4.98 Å². The number of thiophene rings is 1. The molecule has 5 heteroatoms. The number of nitrogens with zero attached hydrogens (tertiary/aromatic N) is 1. The Morgan fingerprint density at radius 3 is 2.82 bits per heavy atom. The number of hydrogen-bond donors (Lipinski definition) is 1. The highest BCUT2D eigenvalue weighted by Crippen LogP contribution is 2.40. The number of fused-ring (bicyclic) bond motifs is 2. The minimum atomic E-state index is -0.383. The van der Waals surface area contributed by atoms with Gasteiger partial charge in [0, 0.05) is 11.1 Å². The predicted molar refractivity (Wildman–Crippen MR) is 90.3 cm³/mol. The molecule has 0 saturated carbocycles. The Morgan fingerprint density at radius 1 is 1.45 bits per heavy atom. The molecular weight excluding hydrogens is 296 g/mol. The minimum absolute atomic E-state index is 0.296. The maximum Gasteiger partial charge on any atom is 0.350 e. The normalized spacial score (nSPS) is 18.3. The molecule has 0 radical (unpaired) electrons. The number of carbonyl (C=O) groups excluding carboxylic acids is 1. The Hall–Kier alpha value is -1.62. The highest BCUT2D eigenvalue weighted by molar-refractivity contribution is 7.21. The smallest absolute Gasteiger partial charge is 0.350 e. The molecule has 2 aromatic rings. The van der Waals surface area contributed by atoms with Crippen molar-refractivity contribution in [2.45, 2.75) is 40.0 Å². The molecule has 0 saturated heterocycles. The number of pyridine rings is 1. The highest BCUT2D eigenvalue weighted by atomic mass is 32.1. The van der Waals surface area contributed by atoms with E-state index in [0.29, 0.717) is 21.9 Å². The molecule has 2 aromatic heterocycles. The fourth-order valence-electron chi connectivity index (χ4n) is 3.17. The van der Waals surface area contributed by atoms with Gasteiger partial charge in [0.2, 0.25) is 0 Å². The van der Waals surface area contributed by atoms with E-state index in [4.69, 9.17) is 15.5 Å². The van der Waals surface area contributed by atoms with E-state index in [1.54, 1.807) is 0 Å². The lowest BCUT2D eigenvalue weighted by Crippen LogP contribution is -2.27. The molecule has 1 unspecified atom stereocenters. The first kappa shape index (κ1) is 15.3. The molecule has 1 aliphatic rings. The molecule has 1 atom stereocenters. The van der Waals surface area contributed by atoms with E-state index in [1.807, 2.05) is 0 Å². The van der Waals surface area contributed by atoms with Crippen LogP contribution in [0.3, 0.4) is 0 Å². The summed E-state index contributed by atoms with van der Waals surface area (Å²) in [6, 6.07) is 2.13. The summed E-state index contributed by atoms with van der Waals surface area (Å²) in [7, 11) is 1.37. The number of anilines is 1. The average molecular weight is 318 g/mol. The van der Waals surface area contributed by atoms with Crippen LogP contribution in [0, 0.1) is 11.3 Å². The van der Waals surface area contributed by atoms with Crippen molar-refractivity contribution in [2.75, 3.05) is 12.8 Å². The summed E-state index contributed by atoms with van der Waals surface area (Å²) in [5, 5.41) is 0.888. The van der Waals surface area contributed by atoms with E-state index in [1.165, 1.54) is 30.4 Å². The van der Waals surface area contributed by atoms with Gasteiger partial charge in [-0.2, -0.15) is 0 Å². The molecule has 2 heterocycles. The summed E-state index contributed by atoms with van der Waals surface area (Å²) in [6.07, 6.45) is 3.20. The summed E-state index contributed by atoms with van der Waals surface area (Å²) in [5.74, 6) is 0.269. The number of carbonyl (C=O) groups is 1. The Bertz CT molecular complexity index is 743. The van der Waals surface area contributed by atoms with E-state index in [-0.39, 0.29) is 5.97 Å². The first-order valence-electron chi connectivity index (χ1n) is 7.60. The SMILES string of the molecule is COC(=O)c1sc2nc3c(cc2c1N)CC(C(C)(C)C)CC3. The second kappa shape index (κ2) is 5.23. The number of hydrogen-bond acceptors (Lipinski definition) is 5. The number of nitrogens with two attached hydrogens (primary N) is 1. The van der Waals surface area contributed by atoms with Gasteiger partial charge in [-0.3, -0.25) is 0 Å². The van der Waals surface area contributed by atoms with Crippen molar-refractivity contribution >= 4 is 33.2 Å². The molecule has 1 aliphatic carbocycles. The molecule has 0 aliphatic heterocycles. The fourth-order valence-corrected chi connectivity index (χ4v) is 4.19. The zero-order valence-electron chi connectivity index (χ0n) is 13.5. The van der Waals surface area contributed by atoms with Crippen LogP contribution in [0.2, 0.25) is 0 Å². The van der Waals surface area contributed by atoms with Gasteiger partial charge in [0.25, 0.3) is 0 Å². The highest BCUT2D eigenvalue weighted by Gasteiger charge is 2.30. The van der Waals surface area contributed by atoms with Crippen LogP contribution >= 0.6 is 11.3 Å². The second-order valence-electron chi connectivity index (χ2n) is 7.09. The number of ether oxygens (including phenoxy) is 1. The van der Waals surface area contributed by atoms with Gasteiger partial charge in [-0.15, -0.1) is 11.3 Å². The summed E-state index contributed by atoms with van der Waals surface area (Å²) >= 11 is 1.33. The van der Waals surface area contributed by atoms with Crippen molar-refractivity contribution in [3.8, 4) is 0 Å². The lowest BCUT2D eigenvalue weighted by atomic mass is 9.71. The number of methoxy groups -OCH3 is 1. The van der Waals surface area contributed by atoms with Gasteiger partial charge >= 0.3 is 5.97 Å². The summed E-state index contributed by atoms with van der Waals surface area (Å²) in [5.41, 5.74) is 9.37. The van der Waals surface area contributed by atoms with Crippen LogP contribution in [0.15, 0.2) is 6.07 Å². The molecule has 0 bridgehead atoms. The number of nitrogen functional groups attached to an aromatic ring is 1. The second-order valence-corrected chi connectivity index (χ2v) is 8.09. The summed E-state index contributed by atoms with van der Waals surface area (Å²) in [6.45, 7) is 6.88. The van der Waals surface area contributed by atoms with E-state index < -0.39 is 0 Å². The summed E-state index contributed by atoms with van der Waals surface area (Å²) < 4.78 is 4.80. The lowest BCUT2D eigenvalue weighted by Gasteiger charge is -2.34. The third kappa shape index (κ3) is 2.47. The monoisotopic (exact) mass is 318 g/mol. The zero-order chi connectivity index (χ0) is 16.1. The maximum atomic E-state index is 11.8. The number of esters is 1. The Morgan fingerprint density at radius 2 is 2.18 bits per heavy atom. The molecule has 0 fully saturated rings. The van der Waals surface area contributed by atoms with Crippen LogP contribution in [0.4, 0.5) is 5.69 Å². The van der Waals surface area contributed by atoms with Crippen LogP contribution in [0.25, 0.3) is 10.2 Å². The molecule has 2 N–H and O–H groups in total. The van der Waals surface area contributed by atoms with E-state index in [9.17, 15) is 4.79 Å². The third-order valence-corrected chi connectivity index (χ3v) is 5.78. The maximum absolute atomic E-state index is 11.8. The largest absolute Gasteiger partial charge is 0.465 e. The van der Waals surface area contributed by atoms with E-state index in [0.717, 1.165) is 28.8 Å². The van der Waals surface area contributed by atoms with Crippen LogP contribution in [0.1, 0.15) is 48.1 Å². The van der Waals surface area contributed by atoms with Gasteiger partial charge in [-0.25, -0.2) is 9.78 Å². The molecule has 4 nitrogen and oxygen atoms in total. The van der Waals surface area contributed by atoms with Crippen LogP contribution < -0.4 is 5.73 Å². The molecule has 118 valence electrons. The van der Waals surface area contributed by atoms with Crippen molar-refractivity contribution in [2.24, 2.45) is 11.3 Å². The van der Waals surface area contributed by atoms with Gasteiger partial charge in [0.15, 0.2) is 0 Å². The topological polar surface area (TPSA) is 65.2 Å². The molecule has 22 heavy (non-hydrogen) atoms. The van der Waals surface area contributed by atoms with Crippen molar-refractivity contribution < 1.29 is 9.53 Å². The number of aryl methyl sites for hydroxylation is 1. The molecule has 3 rings (SSSR count). The van der Waals surface area contributed by atoms with Crippen LogP contribution in [-0.2, 0) is 17.6 Å².